The quantitative estimate of drug-likeness (QED) is 0.328. The highest BCUT2D eigenvalue weighted by Gasteiger charge is 2.43. The summed E-state index contributed by atoms with van der Waals surface area (Å²) < 4.78 is 38.8. The van der Waals surface area contributed by atoms with Crippen LogP contribution < -0.4 is 5.32 Å². The second-order valence-corrected chi connectivity index (χ2v) is 3.42. The predicted octanol–water partition coefficient (Wildman–Crippen LogP) is -1.25. The van der Waals surface area contributed by atoms with Crippen LogP contribution in [0.15, 0.2) is 5.16 Å². The molecule has 0 aromatic heterocycles. The smallest absolute Gasteiger partial charge is 0.426 e. The lowest BCUT2D eigenvalue weighted by Gasteiger charge is -2.19. The maximum absolute atomic E-state index is 11.8. The van der Waals surface area contributed by atoms with E-state index in [0.29, 0.717) is 18.8 Å². The maximum Gasteiger partial charge on any atom is 0.491 e. The SMILES string of the molecule is O=C(OC(O)[C@@H](O)CON=C1CNC1)C(F)(F)F. The van der Waals surface area contributed by atoms with E-state index < -0.39 is 31.1 Å². The van der Waals surface area contributed by atoms with E-state index in [2.05, 4.69) is 20.0 Å². The van der Waals surface area contributed by atoms with Crippen LogP contribution >= 0.6 is 0 Å². The molecule has 0 aromatic rings. The Balaban J connectivity index is 2.27. The number of esters is 1. The van der Waals surface area contributed by atoms with Gasteiger partial charge in [0.1, 0.15) is 6.61 Å². The number of hydrogen-bond acceptors (Lipinski definition) is 7. The van der Waals surface area contributed by atoms with Crippen molar-refractivity contribution in [1.29, 1.82) is 0 Å². The van der Waals surface area contributed by atoms with E-state index in [0.717, 1.165) is 0 Å². The van der Waals surface area contributed by atoms with Gasteiger partial charge in [0.25, 0.3) is 0 Å². The number of carbonyl (C=O) groups is 1. The Labute approximate surface area is 99.2 Å². The number of aliphatic hydroxyl groups is 2. The summed E-state index contributed by atoms with van der Waals surface area (Å²) in [5.74, 6) is -2.59. The molecule has 1 aliphatic rings. The van der Waals surface area contributed by atoms with Crippen LogP contribution in [0, 0.1) is 0 Å². The van der Waals surface area contributed by atoms with E-state index in [1.807, 2.05) is 0 Å². The van der Waals surface area contributed by atoms with Crippen LogP contribution in [0.4, 0.5) is 13.2 Å². The molecule has 1 fully saturated rings. The molecule has 1 rings (SSSR count). The van der Waals surface area contributed by atoms with Crippen molar-refractivity contribution in [1.82, 2.24) is 5.32 Å². The van der Waals surface area contributed by atoms with E-state index in [4.69, 9.17) is 10.2 Å². The summed E-state index contributed by atoms with van der Waals surface area (Å²) in [6.07, 6.45) is -9.40. The fourth-order valence-electron chi connectivity index (χ4n) is 0.844. The molecule has 18 heavy (non-hydrogen) atoms. The molecule has 1 unspecified atom stereocenters. The van der Waals surface area contributed by atoms with Crippen LogP contribution in [0.5, 0.6) is 0 Å². The molecular formula is C8H11F3N2O5. The third-order valence-electron chi connectivity index (χ3n) is 1.89. The van der Waals surface area contributed by atoms with Gasteiger partial charge in [0.2, 0.25) is 6.29 Å². The standard InChI is InChI=1S/C8H11F3N2O5/c9-8(10,11)7(16)18-6(15)5(14)3-17-13-4-1-12-2-4/h5-6,12,14-15H,1-3H2/t5-,6?/m0/s1. The van der Waals surface area contributed by atoms with Crippen LogP contribution in [0.2, 0.25) is 0 Å². The molecule has 0 bridgehead atoms. The Morgan fingerprint density at radius 1 is 1.44 bits per heavy atom. The normalized spacial score (nSPS) is 18.6. The Bertz CT molecular complexity index is 327. The molecule has 1 aliphatic heterocycles. The molecule has 2 atom stereocenters. The molecule has 0 saturated carbocycles. The van der Waals surface area contributed by atoms with E-state index in [-0.39, 0.29) is 0 Å². The number of halogens is 3. The van der Waals surface area contributed by atoms with E-state index in [9.17, 15) is 18.0 Å². The van der Waals surface area contributed by atoms with E-state index >= 15 is 0 Å². The average molecular weight is 272 g/mol. The first-order valence-electron chi connectivity index (χ1n) is 4.83. The van der Waals surface area contributed by atoms with E-state index in [1.54, 1.807) is 0 Å². The summed E-state index contributed by atoms with van der Waals surface area (Å²) in [5, 5.41) is 24.4. The molecule has 0 aliphatic carbocycles. The number of nitrogens with one attached hydrogen (secondary N) is 1. The summed E-state index contributed by atoms with van der Waals surface area (Å²) in [6, 6.07) is 0. The number of alkyl halides is 3. The van der Waals surface area contributed by atoms with Gasteiger partial charge in [0.05, 0.1) is 5.71 Å². The monoisotopic (exact) mass is 272 g/mol. The molecule has 3 N–H and O–H groups in total. The molecule has 0 aromatic carbocycles. The van der Waals surface area contributed by atoms with Crippen LogP contribution in [0.25, 0.3) is 0 Å². The zero-order valence-corrected chi connectivity index (χ0v) is 8.98. The van der Waals surface area contributed by atoms with Gasteiger partial charge in [0.15, 0.2) is 6.10 Å². The zero-order valence-electron chi connectivity index (χ0n) is 8.98. The summed E-state index contributed by atoms with van der Waals surface area (Å²) in [7, 11) is 0. The van der Waals surface area contributed by atoms with Gasteiger partial charge >= 0.3 is 12.1 Å². The second kappa shape index (κ2) is 5.98. The highest BCUT2D eigenvalue weighted by molar-refractivity contribution is 5.92. The maximum atomic E-state index is 11.8. The fourth-order valence-corrected chi connectivity index (χ4v) is 0.844. The molecule has 1 saturated heterocycles. The summed E-state index contributed by atoms with van der Waals surface area (Å²) >= 11 is 0. The predicted molar refractivity (Wildman–Crippen MR) is 50.4 cm³/mol. The van der Waals surface area contributed by atoms with Crippen molar-refractivity contribution < 1.29 is 37.8 Å². The lowest BCUT2D eigenvalue weighted by Crippen LogP contribution is -2.43. The number of carbonyl (C=O) groups excluding carboxylic acids is 1. The lowest BCUT2D eigenvalue weighted by molar-refractivity contribution is -0.233. The second-order valence-electron chi connectivity index (χ2n) is 3.42. The molecule has 0 amide bonds. The lowest BCUT2D eigenvalue weighted by atomic mass is 10.2. The molecule has 0 radical (unpaired) electrons. The first kappa shape index (κ1) is 14.7. The number of rotatable bonds is 5. The molecule has 1 heterocycles. The van der Waals surface area contributed by atoms with Crippen LogP contribution in [0.3, 0.4) is 0 Å². The molecule has 104 valence electrons. The zero-order chi connectivity index (χ0) is 13.8. The molecule has 7 nitrogen and oxygen atoms in total. The largest absolute Gasteiger partial charge is 0.491 e. The van der Waals surface area contributed by atoms with Crippen molar-refractivity contribution in [3.05, 3.63) is 0 Å². The van der Waals surface area contributed by atoms with Crippen molar-refractivity contribution in [2.24, 2.45) is 5.16 Å². The van der Waals surface area contributed by atoms with Crippen LogP contribution in [0.1, 0.15) is 0 Å². The van der Waals surface area contributed by atoms with Gasteiger partial charge in [-0.25, -0.2) is 4.79 Å². The Kier molecular flexibility index (Phi) is 4.87. The fraction of sp³-hybridized carbons (Fsp3) is 0.750. The Morgan fingerprint density at radius 2 is 2.06 bits per heavy atom. The Morgan fingerprint density at radius 3 is 2.50 bits per heavy atom. The van der Waals surface area contributed by atoms with Crippen molar-refractivity contribution in [3.63, 3.8) is 0 Å². The number of hydrogen-bond donors (Lipinski definition) is 3. The first-order chi connectivity index (χ1) is 8.30. The Hall–Kier alpha value is -1.39. The first-order valence-corrected chi connectivity index (χ1v) is 4.83. The number of oxime groups is 1. The highest BCUT2D eigenvalue weighted by atomic mass is 19.4. The van der Waals surface area contributed by atoms with Crippen molar-refractivity contribution in [3.8, 4) is 0 Å². The highest BCUT2D eigenvalue weighted by Crippen LogP contribution is 2.17. The minimum Gasteiger partial charge on any atom is -0.426 e. The van der Waals surface area contributed by atoms with Crippen LogP contribution in [-0.4, -0.2) is 60.2 Å². The van der Waals surface area contributed by atoms with Crippen molar-refractivity contribution in [2.75, 3.05) is 19.7 Å². The van der Waals surface area contributed by atoms with Crippen molar-refractivity contribution >= 4 is 11.7 Å². The third kappa shape index (κ3) is 4.47. The molecule has 10 heteroatoms. The average Bonchev–Trinajstić information content (AvgIpc) is 2.19. The summed E-state index contributed by atoms with van der Waals surface area (Å²) in [5.41, 5.74) is 0.656. The van der Waals surface area contributed by atoms with Gasteiger partial charge in [-0.1, -0.05) is 5.16 Å². The van der Waals surface area contributed by atoms with Crippen molar-refractivity contribution in [2.45, 2.75) is 18.6 Å². The summed E-state index contributed by atoms with van der Waals surface area (Å²) in [4.78, 5) is 14.9. The van der Waals surface area contributed by atoms with Gasteiger partial charge in [-0.15, -0.1) is 0 Å². The van der Waals surface area contributed by atoms with E-state index in [1.165, 1.54) is 0 Å². The van der Waals surface area contributed by atoms with Gasteiger partial charge in [-0.2, -0.15) is 13.2 Å². The molecule has 0 spiro atoms. The van der Waals surface area contributed by atoms with Gasteiger partial charge in [-0.05, 0) is 0 Å². The number of aliphatic hydroxyl groups excluding tert-OH is 2. The third-order valence-corrected chi connectivity index (χ3v) is 1.89. The summed E-state index contributed by atoms with van der Waals surface area (Å²) in [6.45, 7) is 0.430. The minimum atomic E-state index is -5.24. The van der Waals surface area contributed by atoms with Crippen LogP contribution in [-0.2, 0) is 14.4 Å². The van der Waals surface area contributed by atoms with Gasteiger partial charge in [0, 0.05) is 13.1 Å². The molecular weight excluding hydrogens is 261 g/mol. The number of ether oxygens (including phenoxy) is 1. The van der Waals surface area contributed by atoms with Gasteiger partial charge in [-0.3, -0.25) is 0 Å². The topological polar surface area (TPSA) is 100 Å². The van der Waals surface area contributed by atoms with Gasteiger partial charge < -0.3 is 25.1 Å². The number of nitrogens with zero attached hydrogens (tertiary/aromatic N) is 1. The minimum absolute atomic E-state index is 0.516.